The molecule has 25 heavy (non-hydrogen) atoms. The molecule has 0 aliphatic carbocycles. The maximum atomic E-state index is 12.9. The normalized spacial score (nSPS) is 15.2. The van der Waals surface area contributed by atoms with Gasteiger partial charge in [0.25, 0.3) is 0 Å². The van der Waals surface area contributed by atoms with Crippen LogP contribution in [0.2, 0.25) is 0 Å². The summed E-state index contributed by atoms with van der Waals surface area (Å²) < 4.78 is 2.01. The molecule has 0 saturated carbocycles. The van der Waals surface area contributed by atoms with Crippen molar-refractivity contribution < 1.29 is 4.79 Å². The van der Waals surface area contributed by atoms with Crippen molar-refractivity contribution in [1.82, 2.24) is 14.5 Å². The molecule has 1 aliphatic heterocycles. The topological polar surface area (TPSA) is 77.0 Å². The highest BCUT2D eigenvalue weighted by atomic mass is 16.2. The number of aryl methyl sites for hydroxylation is 2. The molecule has 2 N–H and O–H groups in total. The van der Waals surface area contributed by atoms with Crippen molar-refractivity contribution in [3.8, 4) is 0 Å². The minimum absolute atomic E-state index is 0.0487. The van der Waals surface area contributed by atoms with Gasteiger partial charge in [-0.25, -0.2) is 4.98 Å². The molecule has 4 rings (SSSR count). The van der Waals surface area contributed by atoms with Gasteiger partial charge < -0.3 is 15.2 Å². The largest absolute Gasteiger partial charge is 0.334 e. The van der Waals surface area contributed by atoms with Crippen molar-refractivity contribution in [1.29, 1.82) is 0 Å². The van der Waals surface area contributed by atoms with Crippen molar-refractivity contribution in [3.63, 3.8) is 0 Å². The number of pyridine rings is 1. The summed E-state index contributed by atoms with van der Waals surface area (Å²) in [6.45, 7) is 0.726. The van der Waals surface area contributed by atoms with Crippen molar-refractivity contribution in [2.45, 2.75) is 25.3 Å². The number of amides is 1. The second-order valence-electron chi connectivity index (χ2n) is 6.53. The first kappa shape index (κ1) is 15.8. The average Bonchev–Trinajstić information content (AvgIpc) is 3.03. The molecule has 0 fully saturated rings. The fraction of sp³-hybridized carbons (Fsp3) is 0.316. The van der Waals surface area contributed by atoms with E-state index < -0.39 is 0 Å². The molecule has 1 atom stereocenters. The Morgan fingerprint density at radius 1 is 1.36 bits per heavy atom. The van der Waals surface area contributed by atoms with Crippen LogP contribution in [0.1, 0.15) is 30.0 Å². The standard InChI is InChI=1S/C19H21N5O/c1-23-12-22-19-14-5-3-9-24(16(14)6-7-17(19)23)18(25)10-15(20)13-4-2-8-21-11-13/h2,4,6-8,11-12,15H,3,5,9-10,20H2,1H3/t15-/m1/s1. The number of hydrogen-bond acceptors (Lipinski definition) is 4. The fourth-order valence-electron chi connectivity index (χ4n) is 3.55. The Morgan fingerprint density at radius 3 is 3.04 bits per heavy atom. The van der Waals surface area contributed by atoms with E-state index in [1.807, 2.05) is 47.1 Å². The number of fused-ring (bicyclic) bond motifs is 3. The lowest BCUT2D eigenvalue weighted by atomic mass is 9.98. The van der Waals surface area contributed by atoms with Crippen molar-refractivity contribution in [2.24, 2.45) is 12.8 Å². The van der Waals surface area contributed by atoms with Gasteiger partial charge in [0, 0.05) is 49.7 Å². The van der Waals surface area contributed by atoms with Crippen LogP contribution in [0.15, 0.2) is 43.0 Å². The first-order chi connectivity index (χ1) is 12.1. The second kappa shape index (κ2) is 6.29. The lowest BCUT2D eigenvalue weighted by molar-refractivity contribution is -0.119. The molecular formula is C19H21N5O. The Kier molecular flexibility index (Phi) is 3.97. The number of aromatic nitrogens is 3. The van der Waals surface area contributed by atoms with Gasteiger partial charge in [0.2, 0.25) is 5.91 Å². The molecule has 6 nitrogen and oxygen atoms in total. The molecule has 3 heterocycles. The third-order valence-electron chi connectivity index (χ3n) is 4.88. The van der Waals surface area contributed by atoms with E-state index >= 15 is 0 Å². The predicted octanol–water partition coefficient (Wildman–Crippen LogP) is 2.34. The Hall–Kier alpha value is -2.73. The summed E-state index contributed by atoms with van der Waals surface area (Å²) in [5.41, 5.74) is 11.3. The summed E-state index contributed by atoms with van der Waals surface area (Å²) >= 11 is 0. The van der Waals surface area contributed by atoms with Gasteiger partial charge in [-0.2, -0.15) is 0 Å². The zero-order valence-corrected chi connectivity index (χ0v) is 14.2. The number of anilines is 1. The lowest BCUT2D eigenvalue weighted by Crippen LogP contribution is -2.37. The van der Waals surface area contributed by atoms with Crippen molar-refractivity contribution in [3.05, 3.63) is 54.1 Å². The van der Waals surface area contributed by atoms with Crippen LogP contribution < -0.4 is 10.6 Å². The van der Waals surface area contributed by atoms with Crippen LogP contribution in [-0.2, 0) is 18.3 Å². The van der Waals surface area contributed by atoms with E-state index in [-0.39, 0.29) is 18.4 Å². The van der Waals surface area contributed by atoms with E-state index in [1.54, 1.807) is 12.4 Å². The summed E-state index contributed by atoms with van der Waals surface area (Å²) in [6.07, 6.45) is 7.41. The molecule has 1 aliphatic rings. The molecule has 0 spiro atoms. The van der Waals surface area contributed by atoms with Crippen LogP contribution in [0.4, 0.5) is 5.69 Å². The monoisotopic (exact) mass is 335 g/mol. The minimum Gasteiger partial charge on any atom is -0.334 e. The molecule has 3 aromatic rings. The number of benzene rings is 1. The molecule has 128 valence electrons. The van der Waals surface area contributed by atoms with Crippen LogP contribution in [0, 0.1) is 0 Å². The third kappa shape index (κ3) is 2.78. The number of rotatable bonds is 3. The van der Waals surface area contributed by atoms with E-state index in [4.69, 9.17) is 5.73 Å². The van der Waals surface area contributed by atoms with Crippen molar-refractivity contribution >= 4 is 22.6 Å². The highest BCUT2D eigenvalue weighted by molar-refractivity contribution is 5.98. The Morgan fingerprint density at radius 2 is 2.24 bits per heavy atom. The molecule has 6 heteroatoms. The molecule has 0 saturated heterocycles. The van der Waals surface area contributed by atoms with Gasteiger partial charge >= 0.3 is 0 Å². The predicted molar refractivity (Wildman–Crippen MR) is 97.2 cm³/mol. The molecule has 1 aromatic carbocycles. The van der Waals surface area contributed by atoms with E-state index in [0.29, 0.717) is 0 Å². The summed E-state index contributed by atoms with van der Waals surface area (Å²) in [6, 6.07) is 7.48. The SMILES string of the molecule is Cn1cnc2c3c(ccc21)N(C(=O)C[C@@H](N)c1cccnc1)CCC3. The number of hydrogen-bond donors (Lipinski definition) is 1. The molecule has 0 radical (unpaired) electrons. The van der Waals surface area contributed by atoms with Crippen molar-refractivity contribution in [2.75, 3.05) is 11.4 Å². The maximum absolute atomic E-state index is 12.9. The Balaban J connectivity index is 1.62. The van der Waals surface area contributed by atoms with Crippen LogP contribution >= 0.6 is 0 Å². The number of nitrogens with zero attached hydrogens (tertiary/aromatic N) is 4. The van der Waals surface area contributed by atoms with Crippen LogP contribution in [0.25, 0.3) is 11.0 Å². The number of carbonyl (C=O) groups is 1. The van der Waals surface area contributed by atoms with Gasteiger partial charge in [0.05, 0.1) is 17.4 Å². The van der Waals surface area contributed by atoms with E-state index in [9.17, 15) is 4.79 Å². The first-order valence-corrected chi connectivity index (χ1v) is 8.54. The minimum atomic E-state index is -0.342. The number of imidazole rings is 1. The summed E-state index contributed by atoms with van der Waals surface area (Å²) in [7, 11) is 1.99. The smallest absolute Gasteiger partial charge is 0.228 e. The van der Waals surface area contributed by atoms with E-state index in [0.717, 1.165) is 47.2 Å². The Bertz CT molecular complexity index is 918. The van der Waals surface area contributed by atoms with Gasteiger partial charge in [-0.1, -0.05) is 6.07 Å². The first-order valence-electron chi connectivity index (χ1n) is 8.54. The third-order valence-corrected chi connectivity index (χ3v) is 4.88. The van der Waals surface area contributed by atoms with Gasteiger partial charge in [0.1, 0.15) is 0 Å². The second-order valence-corrected chi connectivity index (χ2v) is 6.53. The van der Waals surface area contributed by atoms with Crippen LogP contribution in [0.5, 0.6) is 0 Å². The summed E-state index contributed by atoms with van der Waals surface area (Å²) in [4.78, 5) is 23.4. The quantitative estimate of drug-likeness (QED) is 0.797. The highest BCUT2D eigenvalue weighted by Gasteiger charge is 2.26. The summed E-state index contributed by atoms with van der Waals surface area (Å²) in [5, 5.41) is 0. The van der Waals surface area contributed by atoms with Gasteiger partial charge in [0.15, 0.2) is 0 Å². The molecule has 0 unspecified atom stereocenters. The van der Waals surface area contributed by atoms with Gasteiger partial charge in [-0.15, -0.1) is 0 Å². The lowest BCUT2D eigenvalue weighted by Gasteiger charge is -2.30. The van der Waals surface area contributed by atoms with E-state index in [2.05, 4.69) is 9.97 Å². The average molecular weight is 335 g/mol. The van der Waals surface area contributed by atoms with Crippen LogP contribution in [0.3, 0.4) is 0 Å². The molecule has 1 amide bonds. The van der Waals surface area contributed by atoms with Gasteiger partial charge in [-0.05, 0) is 36.6 Å². The number of carbonyl (C=O) groups excluding carboxylic acids is 1. The summed E-state index contributed by atoms with van der Waals surface area (Å²) in [5.74, 6) is 0.0487. The highest BCUT2D eigenvalue weighted by Crippen LogP contribution is 2.33. The molecule has 2 aromatic heterocycles. The van der Waals surface area contributed by atoms with E-state index in [1.165, 1.54) is 0 Å². The van der Waals surface area contributed by atoms with Crippen LogP contribution in [-0.4, -0.2) is 27.0 Å². The number of nitrogens with two attached hydrogens (primary N) is 1. The Labute approximate surface area is 146 Å². The zero-order valence-electron chi connectivity index (χ0n) is 14.2. The fourth-order valence-corrected chi connectivity index (χ4v) is 3.55. The zero-order chi connectivity index (χ0) is 17.4. The molecule has 0 bridgehead atoms. The van der Waals surface area contributed by atoms with Gasteiger partial charge in [-0.3, -0.25) is 9.78 Å². The molecular weight excluding hydrogens is 314 g/mol. The maximum Gasteiger partial charge on any atom is 0.228 e.